The lowest BCUT2D eigenvalue weighted by molar-refractivity contribution is -0.192. The van der Waals surface area contributed by atoms with E-state index in [2.05, 4.69) is 27.0 Å². The number of hydrogen-bond acceptors (Lipinski definition) is 5. The van der Waals surface area contributed by atoms with Crippen molar-refractivity contribution < 1.29 is 32.6 Å². The third-order valence-electron chi connectivity index (χ3n) is 5.55. The number of thiophene rings is 1. The maximum Gasteiger partial charge on any atom is 0.490 e. The van der Waals surface area contributed by atoms with Gasteiger partial charge in [0.05, 0.1) is 12.6 Å². The zero-order chi connectivity index (χ0) is 22.4. The van der Waals surface area contributed by atoms with Crippen LogP contribution in [-0.4, -0.2) is 79.5 Å². The number of urea groups is 1. The Morgan fingerprint density at radius 3 is 2.47 bits per heavy atom. The van der Waals surface area contributed by atoms with Gasteiger partial charge in [0.25, 0.3) is 0 Å². The van der Waals surface area contributed by atoms with E-state index in [1.165, 1.54) is 5.56 Å². The minimum Gasteiger partial charge on any atom is -0.475 e. The average Bonchev–Trinajstić information content (AvgIpc) is 3.18. The van der Waals surface area contributed by atoms with Gasteiger partial charge >= 0.3 is 18.2 Å². The smallest absolute Gasteiger partial charge is 0.475 e. The Kier molecular flexibility index (Phi) is 8.51. The van der Waals surface area contributed by atoms with Crippen molar-refractivity contribution in [1.29, 1.82) is 0 Å². The molecule has 1 spiro atoms. The Bertz CT molecular complexity index is 690. The SMILES string of the molecule is CN(C)C(=O)NC1COCCC12CCN(Cc1ccsc1)CC2.O=C(O)C(F)(F)F. The lowest BCUT2D eigenvalue weighted by atomic mass is 9.69. The molecule has 2 fully saturated rings. The van der Waals surface area contributed by atoms with E-state index in [9.17, 15) is 18.0 Å². The number of carboxylic acids is 1. The molecule has 2 aliphatic heterocycles. The molecule has 2 amide bonds. The number of ether oxygens (including phenoxy) is 1. The summed E-state index contributed by atoms with van der Waals surface area (Å²) in [6.45, 7) is 4.71. The second-order valence-corrected chi connectivity index (χ2v) is 8.57. The van der Waals surface area contributed by atoms with Crippen LogP contribution in [0.4, 0.5) is 18.0 Å². The summed E-state index contributed by atoms with van der Waals surface area (Å²) >= 11 is 1.76. The van der Waals surface area contributed by atoms with Crippen molar-refractivity contribution >= 4 is 23.3 Å². The molecule has 2 saturated heterocycles. The first-order valence-corrected chi connectivity index (χ1v) is 10.6. The number of nitrogens with zero attached hydrogens (tertiary/aromatic N) is 2. The third-order valence-corrected chi connectivity index (χ3v) is 6.28. The van der Waals surface area contributed by atoms with Gasteiger partial charge in [-0.25, -0.2) is 9.59 Å². The molecule has 3 rings (SSSR count). The van der Waals surface area contributed by atoms with Gasteiger partial charge in [-0.2, -0.15) is 24.5 Å². The van der Waals surface area contributed by atoms with Crippen molar-refractivity contribution in [3.63, 3.8) is 0 Å². The van der Waals surface area contributed by atoms with Gasteiger partial charge in [-0.05, 0) is 60.2 Å². The molecule has 30 heavy (non-hydrogen) atoms. The molecule has 11 heteroatoms. The van der Waals surface area contributed by atoms with Crippen LogP contribution < -0.4 is 5.32 Å². The van der Waals surface area contributed by atoms with E-state index in [4.69, 9.17) is 14.6 Å². The molecule has 7 nitrogen and oxygen atoms in total. The summed E-state index contributed by atoms with van der Waals surface area (Å²) in [5.74, 6) is -2.76. The first-order chi connectivity index (χ1) is 14.0. The van der Waals surface area contributed by atoms with Crippen molar-refractivity contribution in [3.05, 3.63) is 22.4 Å². The summed E-state index contributed by atoms with van der Waals surface area (Å²) in [7, 11) is 3.57. The number of aliphatic carboxylic acids is 1. The molecule has 2 aliphatic rings. The van der Waals surface area contributed by atoms with Crippen molar-refractivity contribution in [2.75, 3.05) is 40.4 Å². The molecule has 0 saturated carbocycles. The Balaban J connectivity index is 0.000000396. The number of carboxylic acid groups (broad SMARTS) is 1. The monoisotopic (exact) mass is 451 g/mol. The minimum atomic E-state index is -5.08. The highest BCUT2D eigenvalue weighted by Crippen LogP contribution is 2.41. The highest BCUT2D eigenvalue weighted by Gasteiger charge is 2.44. The van der Waals surface area contributed by atoms with Gasteiger partial charge in [0.15, 0.2) is 0 Å². The molecule has 0 bridgehead atoms. The van der Waals surface area contributed by atoms with Crippen LogP contribution >= 0.6 is 11.3 Å². The van der Waals surface area contributed by atoms with Gasteiger partial charge in [-0.15, -0.1) is 0 Å². The average molecular weight is 452 g/mol. The van der Waals surface area contributed by atoms with Crippen molar-refractivity contribution in [1.82, 2.24) is 15.1 Å². The zero-order valence-corrected chi connectivity index (χ0v) is 17.9. The number of likely N-dealkylation sites (tertiary alicyclic amines) is 1. The van der Waals surface area contributed by atoms with E-state index in [0.717, 1.165) is 45.5 Å². The summed E-state index contributed by atoms with van der Waals surface area (Å²) in [4.78, 5) is 25.1. The van der Waals surface area contributed by atoms with Crippen molar-refractivity contribution in [3.8, 4) is 0 Å². The lowest BCUT2D eigenvalue weighted by Gasteiger charge is -2.49. The molecule has 0 radical (unpaired) electrons. The number of amides is 2. The summed E-state index contributed by atoms with van der Waals surface area (Å²) in [6, 6.07) is 2.33. The quantitative estimate of drug-likeness (QED) is 0.738. The van der Waals surface area contributed by atoms with E-state index < -0.39 is 12.1 Å². The van der Waals surface area contributed by atoms with Crippen LogP contribution in [0.3, 0.4) is 0 Å². The maximum atomic E-state index is 12.1. The molecule has 0 aromatic carbocycles. The van der Waals surface area contributed by atoms with Crippen LogP contribution in [0.1, 0.15) is 24.8 Å². The molecule has 1 aromatic rings. The molecule has 1 unspecified atom stereocenters. The largest absolute Gasteiger partial charge is 0.490 e. The molecular weight excluding hydrogens is 423 g/mol. The summed E-state index contributed by atoms with van der Waals surface area (Å²) in [5, 5.41) is 14.7. The number of carbonyl (C=O) groups excluding carboxylic acids is 1. The molecule has 3 heterocycles. The predicted molar refractivity (Wildman–Crippen MR) is 106 cm³/mol. The maximum absolute atomic E-state index is 12.1. The standard InChI is InChI=1S/C17H27N3O2S.C2HF3O2/c1-19(2)16(21)18-15-12-22-9-6-17(15)4-7-20(8-5-17)11-14-3-10-23-13-14;3-2(4,5)1(6)7/h3,10,13,15H,4-9,11-12H2,1-2H3,(H,18,21);(H,6,7). The van der Waals surface area contributed by atoms with E-state index in [1.807, 2.05) is 0 Å². The van der Waals surface area contributed by atoms with E-state index in [-0.39, 0.29) is 17.5 Å². The highest BCUT2D eigenvalue weighted by molar-refractivity contribution is 7.07. The minimum absolute atomic E-state index is 0.0134. The first kappa shape index (κ1) is 24.4. The highest BCUT2D eigenvalue weighted by atomic mass is 32.1. The van der Waals surface area contributed by atoms with Gasteiger partial charge < -0.3 is 20.1 Å². The third kappa shape index (κ3) is 6.85. The number of hydrogen-bond donors (Lipinski definition) is 2. The number of rotatable bonds is 3. The van der Waals surface area contributed by atoms with Crippen molar-refractivity contribution in [2.45, 2.75) is 38.0 Å². The van der Waals surface area contributed by atoms with Crippen LogP contribution in [0.15, 0.2) is 16.8 Å². The van der Waals surface area contributed by atoms with Gasteiger partial charge in [-0.3, -0.25) is 4.90 Å². The molecule has 2 N–H and O–H groups in total. The molecule has 170 valence electrons. The van der Waals surface area contributed by atoms with Gasteiger partial charge in [0.1, 0.15) is 0 Å². The number of piperidine rings is 1. The van der Waals surface area contributed by atoms with Crippen molar-refractivity contribution in [2.24, 2.45) is 5.41 Å². The summed E-state index contributed by atoms with van der Waals surface area (Å²) in [5.41, 5.74) is 1.62. The summed E-state index contributed by atoms with van der Waals surface area (Å²) in [6.07, 6.45) is -1.75. The number of carbonyl (C=O) groups is 2. The van der Waals surface area contributed by atoms with Crippen LogP contribution in [-0.2, 0) is 16.1 Å². The van der Waals surface area contributed by atoms with Crippen LogP contribution in [0.25, 0.3) is 0 Å². The number of halogens is 3. The fourth-order valence-electron chi connectivity index (χ4n) is 3.70. The second kappa shape index (κ2) is 10.5. The fraction of sp³-hybridized carbons (Fsp3) is 0.684. The van der Waals surface area contributed by atoms with Gasteiger partial charge in [0.2, 0.25) is 0 Å². The second-order valence-electron chi connectivity index (χ2n) is 7.79. The Hall–Kier alpha value is -1.85. The van der Waals surface area contributed by atoms with Crippen LogP contribution in [0.5, 0.6) is 0 Å². The molecule has 0 aliphatic carbocycles. The normalized spacial score (nSPS) is 21.4. The topological polar surface area (TPSA) is 82.1 Å². The fourth-order valence-corrected chi connectivity index (χ4v) is 4.36. The predicted octanol–water partition coefficient (Wildman–Crippen LogP) is 3.02. The van der Waals surface area contributed by atoms with Crippen LogP contribution in [0, 0.1) is 5.41 Å². The van der Waals surface area contributed by atoms with E-state index >= 15 is 0 Å². The molecule has 1 aromatic heterocycles. The Labute approximate surface area is 177 Å². The number of nitrogens with one attached hydrogen (secondary N) is 1. The molecule has 1 atom stereocenters. The number of alkyl halides is 3. The van der Waals surface area contributed by atoms with Gasteiger partial charge in [0, 0.05) is 27.2 Å². The lowest BCUT2D eigenvalue weighted by Crippen LogP contribution is -2.58. The van der Waals surface area contributed by atoms with Gasteiger partial charge in [-0.1, -0.05) is 0 Å². The van der Waals surface area contributed by atoms with Crippen LogP contribution in [0.2, 0.25) is 0 Å². The molecular formula is C19H28F3N3O4S. The summed E-state index contributed by atoms with van der Waals surface area (Å²) < 4.78 is 37.4. The first-order valence-electron chi connectivity index (χ1n) is 9.62. The zero-order valence-electron chi connectivity index (χ0n) is 17.1. The Morgan fingerprint density at radius 1 is 1.33 bits per heavy atom. The van der Waals surface area contributed by atoms with E-state index in [1.54, 1.807) is 30.3 Å². The van der Waals surface area contributed by atoms with E-state index in [0.29, 0.717) is 6.61 Å². The Morgan fingerprint density at radius 2 is 1.97 bits per heavy atom.